The van der Waals surface area contributed by atoms with Crippen LogP contribution in [0.2, 0.25) is 0 Å². The summed E-state index contributed by atoms with van der Waals surface area (Å²) in [5.41, 5.74) is 6.62. The molecule has 1 amide bonds. The Bertz CT molecular complexity index is 607. The predicted molar refractivity (Wildman–Crippen MR) is 76.6 cm³/mol. The fraction of sp³-hybridized carbons (Fsp3) is 0.462. The molecule has 1 aromatic rings. The largest absolute Gasteiger partial charge is 0.398 e. The van der Waals surface area contributed by atoms with Crippen LogP contribution in [0.4, 0.5) is 5.69 Å². The zero-order chi connectivity index (χ0) is 14.9. The van der Waals surface area contributed by atoms with E-state index in [1.807, 2.05) is 0 Å². The average Bonchev–Trinajstić information content (AvgIpc) is 2.52. The maximum absolute atomic E-state index is 12.7. The van der Waals surface area contributed by atoms with Crippen LogP contribution in [-0.2, 0) is 14.8 Å². The minimum Gasteiger partial charge on any atom is -0.398 e. The summed E-state index contributed by atoms with van der Waals surface area (Å²) < 4.78 is 26.6. The molecule has 0 saturated carbocycles. The number of nitrogens with two attached hydrogens (primary N) is 1. The van der Waals surface area contributed by atoms with Gasteiger partial charge in [0.25, 0.3) is 0 Å². The summed E-state index contributed by atoms with van der Waals surface area (Å²) in [6.07, 6.45) is 0.618. The normalized spacial score (nSPS) is 18.1. The molecule has 0 unspecified atom stereocenters. The number of carbonyl (C=O) groups is 1. The first-order chi connectivity index (χ1) is 9.34. The molecular weight excluding hydrogens is 278 g/mol. The van der Waals surface area contributed by atoms with Crippen molar-refractivity contribution in [2.45, 2.75) is 18.2 Å². The first-order valence-electron chi connectivity index (χ1n) is 6.43. The van der Waals surface area contributed by atoms with Crippen LogP contribution in [0.15, 0.2) is 23.1 Å². The molecule has 0 atom stereocenters. The molecule has 2 rings (SSSR count). The molecule has 1 fully saturated rings. The van der Waals surface area contributed by atoms with E-state index in [4.69, 9.17) is 5.73 Å². The van der Waals surface area contributed by atoms with Gasteiger partial charge < -0.3 is 10.6 Å². The van der Waals surface area contributed by atoms with E-state index in [-0.39, 0.29) is 23.0 Å². The molecule has 6 nitrogen and oxygen atoms in total. The molecule has 0 spiro atoms. The molecule has 1 heterocycles. The molecule has 0 radical (unpaired) electrons. The zero-order valence-electron chi connectivity index (χ0n) is 11.7. The minimum atomic E-state index is -3.74. The highest BCUT2D eigenvalue weighted by Crippen LogP contribution is 2.26. The summed E-state index contributed by atoms with van der Waals surface area (Å²) in [4.78, 5) is 13.5. The van der Waals surface area contributed by atoms with Crippen LogP contribution < -0.4 is 5.73 Å². The maximum atomic E-state index is 12.7. The van der Waals surface area contributed by atoms with Crippen LogP contribution in [0.3, 0.4) is 0 Å². The highest BCUT2D eigenvalue weighted by Gasteiger charge is 2.31. The minimum absolute atomic E-state index is 0.109. The molecule has 0 aromatic heterocycles. The molecule has 1 saturated heterocycles. The molecule has 1 aromatic carbocycles. The number of likely N-dealkylation sites (N-methyl/N-ethyl adjacent to an activating group) is 1. The van der Waals surface area contributed by atoms with Gasteiger partial charge in [-0.05, 0) is 25.0 Å². The standard InChI is InChI=1S/C13H19N3O3S/c1-10-5-3-6-11(14)13(10)20(18,19)16-8-4-7-15(2)12(17)9-16/h3,5-6H,4,7-9,14H2,1-2H3. The van der Waals surface area contributed by atoms with E-state index in [1.165, 1.54) is 4.31 Å². The van der Waals surface area contributed by atoms with Gasteiger partial charge in [-0.15, -0.1) is 0 Å². The summed E-state index contributed by atoms with van der Waals surface area (Å²) in [6.45, 7) is 2.46. The van der Waals surface area contributed by atoms with Crippen LogP contribution in [0.1, 0.15) is 12.0 Å². The Morgan fingerprint density at radius 3 is 2.60 bits per heavy atom. The van der Waals surface area contributed by atoms with Crippen molar-refractivity contribution in [2.75, 3.05) is 32.4 Å². The SMILES string of the molecule is Cc1cccc(N)c1S(=O)(=O)N1CCCN(C)C(=O)C1. The van der Waals surface area contributed by atoms with Crippen molar-refractivity contribution >= 4 is 21.6 Å². The molecule has 0 aliphatic carbocycles. The summed E-state index contributed by atoms with van der Waals surface area (Å²) >= 11 is 0. The van der Waals surface area contributed by atoms with Crippen LogP contribution in [0.25, 0.3) is 0 Å². The van der Waals surface area contributed by atoms with Crippen molar-refractivity contribution in [3.05, 3.63) is 23.8 Å². The van der Waals surface area contributed by atoms with Gasteiger partial charge >= 0.3 is 0 Å². The van der Waals surface area contributed by atoms with E-state index >= 15 is 0 Å². The number of hydrogen-bond donors (Lipinski definition) is 1. The lowest BCUT2D eigenvalue weighted by atomic mass is 10.2. The van der Waals surface area contributed by atoms with Gasteiger partial charge in [-0.2, -0.15) is 4.31 Å². The quantitative estimate of drug-likeness (QED) is 0.802. The topological polar surface area (TPSA) is 83.7 Å². The Morgan fingerprint density at radius 1 is 1.25 bits per heavy atom. The number of nitrogen functional groups attached to an aromatic ring is 1. The Hall–Kier alpha value is -1.60. The Balaban J connectivity index is 2.42. The summed E-state index contributed by atoms with van der Waals surface area (Å²) in [5, 5.41) is 0. The van der Waals surface area contributed by atoms with Crippen LogP contribution in [-0.4, -0.2) is 50.2 Å². The number of carbonyl (C=O) groups excluding carboxylic acids is 1. The highest BCUT2D eigenvalue weighted by atomic mass is 32.2. The number of hydrogen-bond acceptors (Lipinski definition) is 4. The molecule has 110 valence electrons. The van der Waals surface area contributed by atoms with Gasteiger partial charge in [0.05, 0.1) is 12.2 Å². The lowest BCUT2D eigenvalue weighted by Gasteiger charge is -2.21. The van der Waals surface area contributed by atoms with Crippen LogP contribution >= 0.6 is 0 Å². The van der Waals surface area contributed by atoms with E-state index in [0.29, 0.717) is 25.1 Å². The van der Waals surface area contributed by atoms with Crippen molar-refractivity contribution in [2.24, 2.45) is 0 Å². The van der Waals surface area contributed by atoms with Gasteiger partial charge in [0.15, 0.2) is 0 Å². The smallest absolute Gasteiger partial charge is 0.245 e. The highest BCUT2D eigenvalue weighted by molar-refractivity contribution is 7.89. The van der Waals surface area contributed by atoms with Gasteiger partial charge in [-0.3, -0.25) is 4.79 Å². The van der Waals surface area contributed by atoms with Crippen molar-refractivity contribution in [3.8, 4) is 0 Å². The van der Waals surface area contributed by atoms with Gasteiger partial charge in [0.1, 0.15) is 4.90 Å². The van der Waals surface area contributed by atoms with E-state index in [9.17, 15) is 13.2 Å². The maximum Gasteiger partial charge on any atom is 0.245 e. The van der Waals surface area contributed by atoms with Crippen LogP contribution in [0, 0.1) is 6.92 Å². The van der Waals surface area contributed by atoms with E-state index < -0.39 is 10.0 Å². The van der Waals surface area contributed by atoms with Gasteiger partial charge in [0.2, 0.25) is 15.9 Å². The molecule has 2 N–H and O–H groups in total. The van der Waals surface area contributed by atoms with Crippen LogP contribution in [0.5, 0.6) is 0 Å². The monoisotopic (exact) mass is 297 g/mol. The molecule has 1 aliphatic rings. The third-order valence-corrected chi connectivity index (χ3v) is 5.54. The fourth-order valence-corrected chi connectivity index (χ4v) is 4.07. The zero-order valence-corrected chi connectivity index (χ0v) is 12.5. The predicted octanol–water partition coefficient (Wildman–Crippen LogP) is 0.430. The third kappa shape index (κ3) is 2.64. The number of anilines is 1. The second kappa shape index (κ2) is 5.41. The lowest BCUT2D eigenvalue weighted by molar-refractivity contribution is -0.129. The Kier molecular flexibility index (Phi) is 4.01. The number of rotatable bonds is 2. The first kappa shape index (κ1) is 14.8. The summed E-state index contributed by atoms with van der Waals surface area (Å²) in [5.74, 6) is -0.196. The van der Waals surface area contributed by atoms with Crippen molar-refractivity contribution in [1.82, 2.24) is 9.21 Å². The summed E-state index contributed by atoms with van der Waals surface area (Å²) in [7, 11) is -2.06. The fourth-order valence-electron chi connectivity index (χ4n) is 2.32. The van der Waals surface area contributed by atoms with E-state index in [1.54, 1.807) is 37.1 Å². The molecular formula is C13H19N3O3S. The summed E-state index contributed by atoms with van der Waals surface area (Å²) in [6, 6.07) is 4.98. The lowest BCUT2D eigenvalue weighted by Crippen LogP contribution is -2.38. The van der Waals surface area contributed by atoms with Crippen molar-refractivity contribution in [3.63, 3.8) is 0 Å². The number of nitrogens with zero attached hydrogens (tertiary/aromatic N) is 2. The Morgan fingerprint density at radius 2 is 1.95 bits per heavy atom. The second-order valence-corrected chi connectivity index (χ2v) is 6.88. The van der Waals surface area contributed by atoms with E-state index in [2.05, 4.69) is 0 Å². The Labute approximate surface area is 119 Å². The number of sulfonamides is 1. The van der Waals surface area contributed by atoms with Crippen molar-refractivity contribution < 1.29 is 13.2 Å². The van der Waals surface area contributed by atoms with Gasteiger partial charge in [0, 0.05) is 20.1 Å². The molecule has 1 aliphatic heterocycles. The first-order valence-corrected chi connectivity index (χ1v) is 7.87. The molecule has 20 heavy (non-hydrogen) atoms. The number of amides is 1. The molecule has 7 heteroatoms. The number of aryl methyl sites for hydroxylation is 1. The number of benzene rings is 1. The molecule has 0 bridgehead atoms. The third-order valence-electron chi connectivity index (χ3n) is 3.48. The van der Waals surface area contributed by atoms with Gasteiger partial charge in [-0.1, -0.05) is 12.1 Å². The van der Waals surface area contributed by atoms with Crippen molar-refractivity contribution in [1.29, 1.82) is 0 Å². The second-order valence-electron chi connectivity index (χ2n) is 5.00. The average molecular weight is 297 g/mol. The van der Waals surface area contributed by atoms with E-state index in [0.717, 1.165) is 0 Å². The van der Waals surface area contributed by atoms with Gasteiger partial charge in [-0.25, -0.2) is 8.42 Å².